The summed E-state index contributed by atoms with van der Waals surface area (Å²) in [6, 6.07) is 8.00. The second kappa shape index (κ2) is 7.78. The van der Waals surface area contributed by atoms with E-state index in [0.29, 0.717) is 18.3 Å². The van der Waals surface area contributed by atoms with E-state index >= 15 is 0 Å². The number of aryl methyl sites for hydroxylation is 3. The maximum absolute atomic E-state index is 5.35. The minimum absolute atomic E-state index is 0.224. The Bertz CT molecular complexity index is 1210. The van der Waals surface area contributed by atoms with Gasteiger partial charge < -0.3 is 14.6 Å². The van der Waals surface area contributed by atoms with Crippen molar-refractivity contribution in [2.24, 2.45) is 0 Å². The molecule has 30 heavy (non-hydrogen) atoms. The topological polar surface area (TPSA) is 90.4 Å². The molecule has 0 saturated carbocycles. The highest BCUT2D eigenvalue weighted by molar-refractivity contribution is 5.83. The highest BCUT2D eigenvalue weighted by Gasteiger charge is 2.18. The molecule has 0 aliphatic rings. The third-order valence-electron chi connectivity index (χ3n) is 5.02. The van der Waals surface area contributed by atoms with Crippen molar-refractivity contribution in [3.8, 4) is 16.9 Å². The molecular formula is C22H26N6O2. The third kappa shape index (κ3) is 3.60. The molecule has 0 aliphatic heterocycles. The molecule has 8 nitrogen and oxygen atoms in total. The van der Waals surface area contributed by atoms with Gasteiger partial charge in [-0.05, 0) is 44.0 Å². The van der Waals surface area contributed by atoms with E-state index in [4.69, 9.17) is 19.3 Å². The van der Waals surface area contributed by atoms with Gasteiger partial charge in [0.15, 0.2) is 11.5 Å². The summed E-state index contributed by atoms with van der Waals surface area (Å²) < 4.78 is 12.5. The van der Waals surface area contributed by atoms with Crippen LogP contribution in [0.5, 0.6) is 5.75 Å². The van der Waals surface area contributed by atoms with Crippen molar-refractivity contribution in [2.45, 2.75) is 47.1 Å². The zero-order valence-corrected chi connectivity index (χ0v) is 18.1. The predicted molar refractivity (Wildman–Crippen MR) is 115 cm³/mol. The van der Waals surface area contributed by atoms with Crippen molar-refractivity contribution in [1.82, 2.24) is 24.7 Å². The van der Waals surface area contributed by atoms with Crippen LogP contribution >= 0.6 is 0 Å². The molecule has 3 heterocycles. The Morgan fingerprint density at radius 1 is 1.13 bits per heavy atom. The Labute approximate surface area is 175 Å². The van der Waals surface area contributed by atoms with Crippen LogP contribution in [0.2, 0.25) is 0 Å². The molecule has 0 amide bonds. The SMILES string of the molecule is COc1ccc(-c2c(C)nn3c(NCc4nc(C(C)C)no4)cc(C)nc23)c(C)c1. The molecule has 0 atom stereocenters. The van der Waals surface area contributed by atoms with Crippen molar-refractivity contribution in [3.63, 3.8) is 0 Å². The van der Waals surface area contributed by atoms with E-state index in [2.05, 4.69) is 28.4 Å². The van der Waals surface area contributed by atoms with Crippen molar-refractivity contribution in [1.29, 1.82) is 0 Å². The van der Waals surface area contributed by atoms with E-state index in [-0.39, 0.29) is 5.92 Å². The van der Waals surface area contributed by atoms with E-state index in [1.54, 1.807) is 7.11 Å². The fraction of sp³-hybridized carbons (Fsp3) is 0.364. The van der Waals surface area contributed by atoms with E-state index in [0.717, 1.165) is 45.3 Å². The molecule has 4 rings (SSSR count). The van der Waals surface area contributed by atoms with Crippen molar-refractivity contribution in [3.05, 3.63) is 52.9 Å². The molecule has 8 heteroatoms. The molecule has 3 aromatic heterocycles. The summed E-state index contributed by atoms with van der Waals surface area (Å²) in [5.41, 5.74) is 5.82. The van der Waals surface area contributed by atoms with Gasteiger partial charge >= 0.3 is 0 Å². The first-order chi connectivity index (χ1) is 14.4. The summed E-state index contributed by atoms with van der Waals surface area (Å²) in [5, 5.41) is 12.1. The summed E-state index contributed by atoms with van der Waals surface area (Å²) in [6.07, 6.45) is 0. The van der Waals surface area contributed by atoms with E-state index < -0.39 is 0 Å². The lowest BCUT2D eigenvalue weighted by molar-refractivity contribution is 0.375. The van der Waals surface area contributed by atoms with Gasteiger partial charge in [-0.2, -0.15) is 14.6 Å². The molecular weight excluding hydrogens is 380 g/mol. The quantitative estimate of drug-likeness (QED) is 0.506. The molecule has 4 aromatic rings. The molecule has 1 aromatic carbocycles. The summed E-state index contributed by atoms with van der Waals surface area (Å²) in [4.78, 5) is 9.21. The van der Waals surface area contributed by atoms with E-state index in [1.807, 2.05) is 50.4 Å². The number of methoxy groups -OCH3 is 1. The number of benzene rings is 1. The van der Waals surface area contributed by atoms with Crippen LogP contribution in [0.4, 0.5) is 5.82 Å². The minimum atomic E-state index is 0.224. The zero-order valence-electron chi connectivity index (χ0n) is 18.1. The zero-order chi connectivity index (χ0) is 21.4. The highest BCUT2D eigenvalue weighted by Crippen LogP contribution is 2.33. The van der Waals surface area contributed by atoms with Crippen LogP contribution in [-0.4, -0.2) is 31.8 Å². The molecule has 0 radical (unpaired) electrons. The number of hydrogen-bond donors (Lipinski definition) is 1. The van der Waals surface area contributed by atoms with Crippen LogP contribution in [0, 0.1) is 20.8 Å². The molecule has 0 bridgehead atoms. The molecule has 1 N–H and O–H groups in total. The van der Waals surface area contributed by atoms with Crippen LogP contribution in [-0.2, 0) is 6.54 Å². The summed E-state index contributed by atoms with van der Waals surface area (Å²) in [6.45, 7) is 10.5. The lowest BCUT2D eigenvalue weighted by atomic mass is 10.0. The van der Waals surface area contributed by atoms with Gasteiger partial charge in [0.05, 0.1) is 19.3 Å². The van der Waals surface area contributed by atoms with Crippen LogP contribution in [0.25, 0.3) is 16.8 Å². The Kier molecular flexibility index (Phi) is 5.15. The Balaban J connectivity index is 1.73. The molecule has 0 fully saturated rings. The number of fused-ring (bicyclic) bond motifs is 1. The van der Waals surface area contributed by atoms with Crippen molar-refractivity contribution >= 4 is 11.5 Å². The Hall–Kier alpha value is -3.42. The summed E-state index contributed by atoms with van der Waals surface area (Å²) in [5.74, 6) is 3.12. The molecule has 0 saturated heterocycles. The summed E-state index contributed by atoms with van der Waals surface area (Å²) in [7, 11) is 1.67. The number of hydrogen-bond acceptors (Lipinski definition) is 7. The second-order valence-electron chi connectivity index (χ2n) is 7.71. The monoisotopic (exact) mass is 406 g/mol. The van der Waals surface area contributed by atoms with Gasteiger partial charge in [-0.15, -0.1) is 0 Å². The predicted octanol–water partition coefficient (Wildman–Crippen LogP) is 4.45. The van der Waals surface area contributed by atoms with Crippen molar-refractivity contribution < 1.29 is 9.26 Å². The van der Waals surface area contributed by atoms with Crippen LogP contribution in [0.15, 0.2) is 28.8 Å². The van der Waals surface area contributed by atoms with Crippen LogP contribution < -0.4 is 10.1 Å². The maximum Gasteiger partial charge on any atom is 0.245 e. The van der Waals surface area contributed by atoms with Crippen LogP contribution in [0.1, 0.15) is 48.4 Å². The van der Waals surface area contributed by atoms with Gasteiger partial charge in [-0.3, -0.25) is 0 Å². The second-order valence-corrected chi connectivity index (χ2v) is 7.71. The first-order valence-corrected chi connectivity index (χ1v) is 9.95. The number of aromatic nitrogens is 5. The van der Waals surface area contributed by atoms with Gasteiger partial charge in [0.25, 0.3) is 0 Å². The van der Waals surface area contributed by atoms with Gasteiger partial charge in [-0.25, -0.2) is 4.98 Å². The molecule has 0 aliphatic carbocycles. The fourth-order valence-corrected chi connectivity index (χ4v) is 3.47. The Morgan fingerprint density at radius 2 is 1.93 bits per heavy atom. The number of nitrogens with one attached hydrogen (secondary N) is 1. The molecule has 0 spiro atoms. The first kappa shape index (κ1) is 19.9. The normalized spacial score (nSPS) is 11.4. The lowest BCUT2D eigenvalue weighted by Crippen LogP contribution is -2.07. The smallest absolute Gasteiger partial charge is 0.245 e. The third-order valence-corrected chi connectivity index (χ3v) is 5.02. The molecule has 156 valence electrons. The van der Waals surface area contributed by atoms with Crippen LogP contribution in [0.3, 0.4) is 0 Å². The van der Waals surface area contributed by atoms with Gasteiger partial charge in [0, 0.05) is 23.2 Å². The fourth-order valence-electron chi connectivity index (χ4n) is 3.47. The van der Waals surface area contributed by atoms with E-state index in [1.165, 1.54) is 0 Å². The standard InChI is InChI=1S/C22H26N6O2/c1-12(2)21-25-19(30-27-21)11-23-18-10-14(4)24-22-20(15(5)26-28(18)22)17-8-7-16(29-6)9-13(17)3/h7-10,12,23H,11H2,1-6H3. The van der Waals surface area contributed by atoms with Gasteiger partial charge in [0.2, 0.25) is 5.89 Å². The number of nitrogens with zero attached hydrogens (tertiary/aromatic N) is 5. The lowest BCUT2D eigenvalue weighted by Gasteiger charge is -2.10. The number of rotatable bonds is 6. The van der Waals surface area contributed by atoms with Gasteiger partial charge in [-0.1, -0.05) is 25.1 Å². The number of ether oxygens (including phenoxy) is 1. The van der Waals surface area contributed by atoms with Crippen molar-refractivity contribution in [2.75, 3.05) is 12.4 Å². The number of anilines is 1. The minimum Gasteiger partial charge on any atom is -0.497 e. The highest BCUT2D eigenvalue weighted by atomic mass is 16.5. The summed E-state index contributed by atoms with van der Waals surface area (Å²) >= 11 is 0. The van der Waals surface area contributed by atoms with Gasteiger partial charge in [0.1, 0.15) is 11.6 Å². The average Bonchev–Trinajstić information content (AvgIpc) is 3.31. The molecule has 0 unspecified atom stereocenters. The Morgan fingerprint density at radius 3 is 2.60 bits per heavy atom. The maximum atomic E-state index is 5.35. The largest absolute Gasteiger partial charge is 0.497 e. The van der Waals surface area contributed by atoms with E-state index in [9.17, 15) is 0 Å². The first-order valence-electron chi connectivity index (χ1n) is 9.95. The average molecular weight is 406 g/mol.